The molecule has 0 spiro atoms. The predicted molar refractivity (Wildman–Crippen MR) is 130 cm³/mol. The summed E-state index contributed by atoms with van der Waals surface area (Å²) in [5.41, 5.74) is 4.81. The third-order valence-corrected chi connectivity index (χ3v) is 6.85. The van der Waals surface area contributed by atoms with Crippen molar-refractivity contribution in [2.24, 2.45) is 0 Å². The molecule has 1 saturated heterocycles. The van der Waals surface area contributed by atoms with Crippen LogP contribution in [0, 0.1) is 20.8 Å². The molecule has 0 saturated carbocycles. The fourth-order valence-electron chi connectivity index (χ4n) is 4.24. The van der Waals surface area contributed by atoms with Gasteiger partial charge in [0.2, 0.25) is 0 Å². The third-order valence-electron chi connectivity index (χ3n) is 5.82. The molecule has 3 heterocycles. The van der Waals surface area contributed by atoms with Gasteiger partial charge >= 0.3 is 0 Å². The van der Waals surface area contributed by atoms with Crippen LogP contribution in [-0.2, 0) is 4.74 Å². The van der Waals surface area contributed by atoms with Crippen molar-refractivity contribution in [3.63, 3.8) is 0 Å². The highest BCUT2D eigenvalue weighted by atomic mass is 32.1. The van der Waals surface area contributed by atoms with E-state index >= 15 is 0 Å². The van der Waals surface area contributed by atoms with Crippen LogP contribution in [0.4, 0.5) is 5.13 Å². The van der Waals surface area contributed by atoms with Gasteiger partial charge in [-0.25, -0.2) is 4.98 Å². The van der Waals surface area contributed by atoms with E-state index in [-0.39, 0.29) is 11.9 Å². The molecular formula is C24H33N5O2S. The molecule has 1 aromatic carbocycles. The highest BCUT2D eigenvalue weighted by Crippen LogP contribution is 2.33. The highest BCUT2D eigenvalue weighted by Gasteiger charge is 2.26. The van der Waals surface area contributed by atoms with Crippen LogP contribution in [0.25, 0.3) is 10.2 Å². The van der Waals surface area contributed by atoms with Crippen molar-refractivity contribution in [1.82, 2.24) is 19.7 Å². The molecule has 8 heteroatoms. The number of morpholine rings is 1. The van der Waals surface area contributed by atoms with Crippen molar-refractivity contribution in [2.75, 3.05) is 44.3 Å². The zero-order valence-electron chi connectivity index (χ0n) is 19.7. The quantitative estimate of drug-likeness (QED) is 0.529. The van der Waals surface area contributed by atoms with Gasteiger partial charge in [0.25, 0.3) is 5.91 Å². The average Bonchev–Trinajstić information content (AvgIpc) is 3.35. The van der Waals surface area contributed by atoms with Crippen LogP contribution in [0.15, 0.2) is 18.2 Å². The number of ether oxygens (including phenoxy) is 1. The molecule has 3 aromatic rings. The second-order valence-corrected chi connectivity index (χ2v) is 9.91. The smallest absolute Gasteiger partial charge is 0.278 e. The molecule has 0 atom stereocenters. The van der Waals surface area contributed by atoms with Gasteiger partial charge in [-0.05, 0) is 64.3 Å². The summed E-state index contributed by atoms with van der Waals surface area (Å²) in [4.78, 5) is 23.0. The van der Waals surface area contributed by atoms with E-state index < -0.39 is 0 Å². The Morgan fingerprint density at radius 3 is 2.66 bits per heavy atom. The topological polar surface area (TPSA) is 63.5 Å². The highest BCUT2D eigenvalue weighted by molar-refractivity contribution is 7.22. The molecule has 0 N–H and O–H groups in total. The SMILES string of the molecule is Cc1cc(C)c2nc(N(CCCN3CCOCC3)C(=O)c3cc(C)nn3C(C)C)sc2c1. The van der Waals surface area contributed by atoms with Crippen molar-refractivity contribution < 1.29 is 9.53 Å². The number of hydrogen-bond donors (Lipinski definition) is 0. The van der Waals surface area contributed by atoms with Gasteiger partial charge in [-0.15, -0.1) is 0 Å². The summed E-state index contributed by atoms with van der Waals surface area (Å²) in [5, 5.41) is 5.32. The Balaban J connectivity index is 1.65. The number of fused-ring (bicyclic) bond motifs is 1. The van der Waals surface area contributed by atoms with E-state index in [0.717, 1.165) is 65.9 Å². The zero-order chi connectivity index (χ0) is 22.8. The lowest BCUT2D eigenvalue weighted by molar-refractivity contribution is 0.0376. The summed E-state index contributed by atoms with van der Waals surface area (Å²) in [6.07, 6.45) is 0.883. The van der Waals surface area contributed by atoms with Crippen LogP contribution in [-0.4, -0.2) is 65.0 Å². The van der Waals surface area contributed by atoms with Gasteiger partial charge in [0.15, 0.2) is 5.13 Å². The number of amides is 1. The maximum absolute atomic E-state index is 13.8. The molecule has 1 aliphatic heterocycles. The number of carbonyl (C=O) groups excluding carboxylic acids is 1. The number of aromatic nitrogens is 3. The number of carbonyl (C=O) groups is 1. The lowest BCUT2D eigenvalue weighted by atomic mass is 10.1. The Bertz CT molecular complexity index is 1100. The predicted octanol–water partition coefficient (Wildman–Crippen LogP) is 4.37. The molecule has 0 radical (unpaired) electrons. The normalized spacial score (nSPS) is 15.1. The van der Waals surface area contributed by atoms with Gasteiger partial charge in [-0.3, -0.25) is 19.3 Å². The largest absolute Gasteiger partial charge is 0.379 e. The van der Waals surface area contributed by atoms with Crippen molar-refractivity contribution in [1.29, 1.82) is 0 Å². The Hall–Kier alpha value is -2.29. The minimum atomic E-state index is -0.0327. The molecule has 4 rings (SSSR count). The fourth-order valence-corrected chi connectivity index (χ4v) is 5.41. The van der Waals surface area contributed by atoms with E-state index in [4.69, 9.17) is 9.72 Å². The second kappa shape index (κ2) is 9.68. The van der Waals surface area contributed by atoms with E-state index in [1.54, 1.807) is 11.3 Å². The molecule has 1 amide bonds. The van der Waals surface area contributed by atoms with Crippen LogP contribution >= 0.6 is 11.3 Å². The van der Waals surface area contributed by atoms with Crippen molar-refractivity contribution in [3.05, 3.63) is 40.7 Å². The third kappa shape index (κ3) is 4.87. The number of rotatable bonds is 7. The first-order valence-electron chi connectivity index (χ1n) is 11.4. The van der Waals surface area contributed by atoms with Crippen LogP contribution in [0.1, 0.15) is 53.6 Å². The van der Waals surface area contributed by atoms with Gasteiger partial charge in [0.1, 0.15) is 5.69 Å². The van der Waals surface area contributed by atoms with Crippen LogP contribution in [0.2, 0.25) is 0 Å². The summed E-state index contributed by atoms with van der Waals surface area (Å²) in [5.74, 6) is -0.0327. The Labute approximate surface area is 194 Å². The first-order chi connectivity index (χ1) is 15.3. The summed E-state index contributed by atoms with van der Waals surface area (Å²) < 4.78 is 8.41. The molecule has 1 aliphatic rings. The first-order valence-corrected chi connectivity index (χ1v) is 12.2. The van der Waals surface area contributed by atoms with Crippen LogP contribution < -0.4 is 4.90 Å². The minimum absolute atomic E-state index is 0.0327. The monoisotopic (exact) mass is 455 g/mol. The van der Waals surface area contributed by atoms with E-state index in [0.29, 0.717) is 12.2 Å². The van der Waals surface area contributed by atoms with E-state index in [1.165, 1.54) is 5.56 Å². The fraction of sp³-hybridized carbons (Fsp3) is 0.542. The molecule has 7 nitrogen and oxygen atoms in total. The molecular weight excluding hydrogens is 422 g/mol. The molecule has 32 heavy (non-hydrogen) atoms. The lowest BCUT2D eigenvalue weighted by Crippen LogP contribution is -2.39. The molecule has 0 unspecified atom stereocenters. The summed E-state index contributed by atoms with van der Waals surface area (Å²) in [7, 11) is 0. The number of thiazole rings is 1. The van der Waals surface area contributed by atoms with Crippen molar-refractivity contribution in [2.45, 2.75) is 47.1 Å². The second-order valence-electron chi connectivity index (χ2n) is 8.90. The maximum Gasteiger partial charge on any atom is 0.278 e. The molecule has 0 aliphatic carbocycles. The van der Waals surface area contributed by atoms with Gasteiger partial charge in [0, 0.05) is 32.2 Å². The van der Waals surface area contributed by atoms with Gasteiger partial charge in [-0.1, -0.05) is 17.4 Å². The number of aryl methyl sites for hydroxylation is 3. The molecule has 2 aromatic heterocycles. The Kier molecular flexibility index (Phi) is 6.93. The molecule has 0 bridgehead atoms. The number of anilines is 1. The number of benzene rings is 1. The number of nitrogens with zero attached hydrogens (tertiary/aromatic N) is 5. The molecule has 172 valence electrons. The Morgan fingerprint density at radius 1 is 1.19 bits per heavy atom. The zero-order valence-corrected chi connectivity index (χ0v) is 20.5. The van der Waals surface area contributed by atoms with E-state index in [2.05, 4.69) is 49.8 Å². The van der Waals surface area contributed by atoms with Crippen molar-refractivity contribution >= 4 is 32.6 Å². The van der Waals surface area contributed by atoms with Crippen LogP contribution in [0.5, 0.6) is 0 Å². The van der Waals surface area contributed by atoms with Gasteiger partial charge < -0.3 is 4.74 Å². The van der Waals surface area contributed by atoms with Gasteiger partial charge in [-0.2, -0.15) is 5.10 Å². The Morgan fingerprint density at radius 2 is 1.94 bits per heavy atom. The van der Waals surface area contributed by atoms with Crippen molar-refractivity contribution in [3.8, 4) is 0 Å². The van der Waals surface area contributed by atoms with Crippen LogP contribution in [0.3, 0.4) is 0 Å². The summed E-state index contributed by atoms with van der Waals surface area (Å²) in [6.45, 7) is 15.3. The molecule has 1 fully saturated rings. The van der Waals surface area contributed by atoms with Gasteiger partial charge in [0.05, 0.1) is 29.1 Å². The van der Waals surface area contributed by atoms with E-state index in [9.17, 15) is 4.79 Å². The minimum Gasteiger partial charge on any atom is -0.379 e. The first kappa shape index (κ1) is 22.9. The maximum atomic E-state index is 13.8. The van der Waals surface area contributed by atoms with E-state index in [1.807, 2.05) is 22.6 Å². The number of hydrogen-bond acceptors (Lipinski definition) is 6. The lowest BCUT2D eigenvalue weighted by Gasteiger charge is -2.28. The average molecular weight is 456 g/mol. The summed E-state index contributed by atoms with van der Waals surface area (Å²) >= 11 is 1.59. The summed E-state index contributed by atoms with van der Waals surface area (Å²) in [6, 6.07) is 6.30. The standard InChI is InChI=1S/C24H33N5O2S/c1-16(2)29-20(15-19(5)26-29)23(30)28(8-6-7-27-9-11-31-12-10-27)24-25-22-18(4)13-17(3)14-21(22)32-24/h13-16H,6-12H2,1-5H3.